The number of amides is 2. The molecule has 1 saturated carbocycles. The van der Waals surface area contributed by atoms with Gasteiger partial charge < -0.3 is 20.5 Å². The Bertz CT molecular complexity index is 1000. The first-order valence-electron chi connectivity index (χ1n) is 12.6. The Hall–Kier alpha value is -3.35. The van der Waals surface area contributed by atoms with Crippen LogP contribution in [0.4, 0.5) is 4.79 Å². The van der Waals surface area contributed by atoms with Gasteiger partial charge in [-0.25, -0.2) is 4.79 Å². The number of hydrogen-bond acceptors (Lipinski definition) is 4. The molecule has 35 heavy (non-hydrogen) atoms. The second-order valence-electron chi connectivity index (χ2n) is 9.50. The van der Waals surface area contributed by atoms with Crippen molar-refractivity contribution < 1.29 is 24.2 Å². The van der Waals surface area contributed by atoms with Crippen LogP contribution in [0.3, 0.4) is 0 Å². The highest BCUT2D eigenvalue weighted by Gasteiger charge is 2.33. The fourth-order valence-corrected chi connectivity index (χ4v) is 5.08. The van der Waals surface area contributed by atoms with Crippen LogP contribution in [0.5, 0.6) is 0 Å². The Kier molecular flexibility index (Phi) is 8.40. The Labute approximate surface area is 206 Å². The Balaban J connectivity index is 1.25. The van der Waals surface area contributed by atoms with Crippen molar-refractivity contribution >= 4 is 18.0 Å². The number of unbranched alkanes of at least 4 members (excludes halogenated alkanes) is 2. The summed E-state index contributed by atoms with van der Waals surface area (Å²) in [5.41, 5.74) is 4.69. The molecule has 0 aliphatic heterocycles. The van der Waals surface area contributed by atoms with Crippen LogP contribution in [-0.2, 0) is 14.3 Å². The number of carboxylic acids is 1. The first-order valence-corrected chi connectivity index (χ1v) is 12.6. The summed E-state index contributed by atoms with van der Waals surface area (Å²) in [6.45, 7) is 1.02. The molecular weight excluding hydrogens is 444 g/mol. The van der Waals surface area contributed by atoms with Crippen LogP contribution >= 0.6 is 0 Å². The smallest absolute Gasteiger partial charge is 0.407 e. The van der Waals surface area contributed by atoms with E-state index in [0.717, 1.165) is 43.2 Å². The van der Waals surface area contributed by atoms with E-state index < -0.39 is 12.1 Å². The minimum Gasteiger partial charge on any atom is -0.481 e. The quantitative estimate of drug-likeness (QED) is 0.384. The van der Waals surface area contributed by atoms with Gasteiger partial charge in [0.1, 0.15) is 6.61 Å². The molecule has 2 aromatic rings. The molecule has 4 rings (SSSR count). The first-order chi connectivity index (χ1) is 17.0. The summed E-state index contributed by atoms with van der Waals surface area (Å²) in [5.74, 6) is -0.843. The monoisotopic (exact) mass is 478 g/mol. The number of alkyl carbamates (subject to hydrolysis) is 1. The van der Waals surface area contributed by atoms with E-state index in [4.69, 9.17) is 9.84 Å². The molecule has 2 aliphatic rings. The van der Waals surface area contributed by atoms with Crippen LogP contribution in [0, 0.1) is 11.8 Å². The number of aliphatic carboxylic acids is 1. The van der Waals surface area contributed by atoms with Crippen molar-refractivity contribution in [3.63, 3.8) is 0 Å². The molecule has 1 atom stereocenters. The topological polar surface area (TPSA) is 105 Å². The van der Waals surface area contributed by atoms with Crippen LogP contribution in [0.15, 0.2) is 48.5 Å². The number of benzene rings is 2. The summed E-state index contributed by atoms with van der Waals surface area (Å²) in [6.07, 6.45) is 4.86. The van der Waals surface area contributed by atoms with Crippen molar-refractivity contribution in [3.05, 3.63) is 59.7 Å². The van der Waals surface area contributed by atoms with Crippen molar-refractivity contribution in [3.8, 4) is 11.1 Å². The van der Waals surface area contributed by atoms with Gasteiger partial charge in [0.15, 0.2) is 0 Å². The Morgan fingerprint density at radius 3 is 2.17 bits per heavy atom. The zero-order valence-corrected chi connectivity index (χ0v) is 20.0. The van der Waals surface area contributed by atoms with Crippen molar-refractivity contribution in [2.24, 2.45) is 11.8 Å². The van der Waals surface area contributed by atoms with Crippen molar-refractivity contribution in [1.29, 1.82) is 0 Å². The highest BCUT2D eigenvalue weighted by molar-refractivity contribution is 5.80. The normalized spacial score (nSPS) is 15.4. The molecule has 0 heterocycles. The summed E-state index contributed by atoms with van der Waals surface area (Å²) < 4.78 is 5.62. The molecule has 0 radical (unpaired) electrons. The van der Waals surface area contributed by atoms with Crippen LogP contribution in [0.2, 0.25) is 0 Å². The maximum absolute atomic E-state index is 12.8. The summed E-state index contributed by atoms with van der Waals surface area (Å²) >= 11 is 0. The summed E-state index contributed by atoms with van der Waals surface area (Å²) in [5, 5.41) is 14.5. The average molecular weight is 479 g/mol. The lowest BCUT2D eigenvalue weighted by Crippen LogP contribution is -2.44. The zero-order valence-electron chi connectivity index (χ0n) is 20.0. The van der Waals surface area contributed by atoms with Gasteiger partial charge in [-0.15, -0.1) is 0 Å². The predicted octanol–water partition coefficient (Wildman–Crippen LogP) is 4.70. The molecule has 7 nitrogen and oxygen atoms in total. The molecule has 2 aromatic carbocycles. The number of ether oxygens (including phenoxy) is 1. The molecule has 2 amide bonds. The van der Waals surface area contributed by atoms with E-state index in [9.17, 15) is 14.4 Å². The minimum absolute atomic E-state index is 0.00000429. The molecule has 0 aromatic heterocycles. The van der Waals surface area contributed by atoms with Gasteiger partial charge >= 0.3 is 12.1 Å². The Morgan fingerprint density at radius 2 is 1.57 bits per heavy atom. The van der Waals surface area contributed by atoms with E-state index in [1.54, 1.807) is 0 Å². The number of hydrogen-bond donors (Lipinski definition) is 3. The molecule has 2 aliphatic carbocycles. The number of carbonyl (C=O) groups excluding carboxylic acids is 2. The van der Waals surface area contributed by atoms with Gasteiger partial charge in [0.25, 0.3) is 0 Å². The second-order valence-corrected chi connectivity index (χ2v) is 9.50. The minimum atomic E-state index is -0.793. The molecule has 1 unspecified atom stereocenters. The molecule has 3 N–H and O–H groups in total. The Morgan fingerprint density at radius 1 is 0.914 bits per heavy atom. The maximum atomic E-state index is 12.8. The molecule has 186 valence electrons. The summed E-state index contributed by atoms with van der Waals surface area (Å²) in [6, 6.07) is 16.4. The lowest BCUT2D eigenvalue weighted by Gasteiger charge is -2.33. The number of fused-ring (bicyclic) bond motifs is 3. The molecule has 0 spiro atoms. The van der Waals surface area contributed by atoms with Crippen LogP contribution in [0.25, 0.3) is 11.1 Å². The zero-order chi connectivity index (χ0) is 24.6. The van der Waals surface area contributed by atoms with E-state index in [1.165, 1.54) is 11.1 Å². The van der Waals surface area contributed by atoms with Gasteiger partial charge in [-0.3, -0.25) is 9.59 Å². The SMILES string of the molecule is O=C(O)CCCCCNC(=O)C(CNC(=O)OCC1c2ccccc2-c2ccccc21)C1CCC1. The number of carbonyl (C=O) groups is 3. The molecular formula is C28H34N2O5. The van der Waals surface area contributed by atoms with Gasteiger partial charge in [0.2, 0.25) is 5.91 Å². The van der Waals surface area contributed by atoms with E-state index in [-0.39, 0.29) is 43.2 Å². The van der Waals surface area contributed by atoms with Crippen molar-refractivity contribution in [2.45, 2.75) is 50.9 Å². The van der Waals surface area contributed by atoms with Gasteiger partial charge in [0.05, 0.1) is 5.92 Å². The first kappa shape index (κ1) is 24.8. The molecule has 0 saturated heterocycles. The number of carboxylic acid groups (broad SMARTS) is 1. The second kappa shape index (κ2) is 11.9. The third-order valence-electron chi connectivity index (χ3n) is 7.23. The summed E-state index contributed by atoms with van der Waals surface area (Å²) in [4.78, 5) is 35.9. The predicted molar refractivity (Wildman–Crippen MR) is 133 cm³/mol. The van der Waals surface area contributed by atoms with Gasteiger partial charge in [-0.05, 0) is 53.9 Å². The van der Waals surface area contributed by atoms with Crippen LogP contribution in [-0.4, -0.2) is 42.8 Å². The molecule has 7 heteroatoms. The molecule has 1 fully saturated rings. The van der Waals surface area contributed by atoms with Crippen molar-refractivity contribution in [1.82, 2.24) is 10.6 Å². The van der Waals surface area contributed by atoms with Gasteiger partial charge in [-0.2, -0.15) is 0 Å². The van der Waals surface area contributed by atoms with E-state index in [0.29, 0.717) is 13.0 Å². The lowest BCUT2D eigenvalue weighted by molar-refractivity contribution is -0.137. The highest BCUT2D eigenvalue weighted by atomic mass is 16.5. The fraction of sp³-hybridized carbons (Fsp3) is 0.464. The standard InChI is InChI=1S/C28H34N2O5/c31-26(32)15-2-1-7-16-29-27(33)24(19-9-8-10-19)17-30-28(34)35-18-25-22-13-5-3-11-20(22)21-12-4-6-14-23(21)25/h3-6,11-14,19,24-25H,1-2,7-10,15-18H2,(H,29,33)(H,30,34)(H,31,32). The summed E-state index contributed by atoms with van der Waals surface area (Å²) in [7, 11) is 0. The maximum Gasteiger partial charge on any atom is 0.407 e. The average Bonchev–Trinajstić information content (AvgIpc) is 3.14. The third-order valence-corrected chi connectivity index (χ3v) is 7.23. The van der Waals surface area contributed by atoms with Gasteiger partial charge in [0, 0.05) is 25.4 Å². The van der Waals surface area contributed by atoms with Crippen LogP contribution < -0.4 is 10.6 Å². The van der Waals surface area contributed by atoms with E-state index >= 15 is 0 Å². The van der Waals surface area contributed by atoms with Crippen molar-refractivity contribution in [2.75, 3.05) is 19.7 Å². The molecule has 0 bridgehead atoms. The largest absolute Gasteiger partial charge is 0.481 e. The highest BCUT2D eigenvalue weighted by Crippen LogP contribution is 2.44. The number of nitrogens with one attached hydrogen (secondary N) is 2. The fourth-order valence-electron chi connectivity index (χ4n) is 5.08. The third kappa shape index (κ3) is 6.21. The number of rotatable bonds is 12. The van der Waals surface area contributed by atoms with Crippen LogP contribution in [0.1, 0.15) is 62.0 Å². The van der Waals surface area contributed by atoms with E-state index in [1.807, 2.05) is 24.3 Å². The van der Waals surface area contributed by atoms with Gasteiger partial charge in [-0.1, -0.05) is 61.4 Å². The lowest BCUT2D eigenvalue weighted by atomic mass is 9.75. The van der Waals surface area contributed by atoms with E-state index in [2.05, 4.69) is 34.9 Å².